The Bertz CT molecular complexity index is 808. The van der Waals surface area contributed by atoms with Gasteiger partial charge in [-0.05, 0) is 61.2 Å². The predicted molar refractivity (Wildman–Crippen MR) is 111 cm³/mol. The summed E-state index contributed by atoms with van der Waals surface area (Å²) in [6.45, 7) is 0.787. The lowest BCUT2D eigenvalue weighted by molar-refractivity contribution is -0.135. The Kier molecular flexibility index (Phi) is 7.33. The SMILES string of the molecule is COc1cccc(C=C2SC(=O)N(CCC(=O)N3CCCCC3CCO)C2=O)c1. The molecule has 29 heavy (non-hydrogen) atoms. The number of amides is 3. The van der Waals surface area contributed by atoms with Gasteiger partial charge < -0.3 is 14.7 Å². The molecule has 2 fully saturated rings. The Balaban J connectivity index is 1.62. The zero-order valence-electron chi connectivity index (χ0n) is 16.5. The van der Waals surface area contributed by atoms with Gasteiger partial charge in [0.25, 0.3) is 11.1 Å². The minimum Gasteiger partial charge on any atom is -0.497 e. The predicted octanol–water partition coefficient (Wildman–Crippen LogP) is 2.89. The number of aliphatic hydroxyl groups is 1. The minimum atomic E-state index is -0.374. The van der Waals surface area contributed by atoms with E-state index in [0.717, 1.165) is 41.5 Å². The molecule has 0 aliphatic carbocycles. The van der Waals surface area contributed by atoms with Crippen molar-refractivity contribution >= 4 is 34.9 Å². The molecule has 1 unspecified atom stereocenters. The fourth-order valence-corrected chi connectivity index (χ4v) is 4.57. The number of rotatable bonds is 7. The van der Waals surface area contributed by atoms with Crippen LogP contribution < -0.4 is 4.74 Å². The molecule has 1 aromatic rings. The highest BCUT2D eigenvalue weighted by Crippen LogP contribution is 2.33. The van der Waals surface area contributed by atoms with Crippen LogP contribution in [0.4, 0.5) is 4.79 Å². The van der Waals surface area contributed by atoms with E-state index in [2.05, 4.69) is 0 Å². The van der Waals surface area contributed by atoms with Crippen molar-refractivity contribution in [3.05, 3.63) is 34.7 Å². The maximum Gasteiger partial charge on any atom is 0.293 e. The summed E-state index contributed by atoms with van der Waals surface area (Å²) < 4.78 is 5.18. The number of carbonyl (C=O) groups excluding carboxylic acids is 3. The molecule has 2 aliphatic heterocycles. The second-order valence-corrected chi connectivity index (χ2v) is 8.10. The first-order chi connectivity index (χ1) is 14.0. The molecule has 2 aliphatic rings. The van der Waals surface area contributed by atoms with Gasteiger partial charge in [-0.2, -0.15) is 0 Å². The van der Waals surface area contributed by atoms with Crippen LogP contribution in [0.2, 0.25) is 0 Å². The van der Waals surface area contributed by atoms with E-state index >= 15 is 0 Å². The van der Waals surface area contributed by atoms with Gasteiger partial charge in [0.1, 0.15) is 5.75 Å². The van der Waals surface area contributed by atoms with Crippen molar-refractivity contribution in [3.8, 4) is 5.75 Å². The molecule has 1 N–H and O–H groups in total. The van der Waals surface area contributed by atoms with Gasteiger partial charge in [0.2, 0.25) is 5.91 Å². The van der Waals surface area contributed by atoms with Crippen molar-refractivity contribution in [2.75, 3.05) is 26.8 Å². The third-order valence-corrected chi connectivity index (χ3v) is 6.13. The van der Waals surface area contributed by atoms with Crippen LogP contribution in [-0.4, -0.2) is 64.8 Å². The molecule has 1 aromatic carbocycles. The number of aliphatic hydroxyl groups excluding tert-OH is 1. The number of hydrogen-bond acceptors (Lipinski definition) is 6. The minimum absolute atomic E-state index is 0.0455. The lowest BCUT2D eigenvalue weighted by atomic mass is 9.99. The molecule has 0 aromatic heterocycles. The number of nitrogens with zero attached hydrogens (tertiary/aromatic N) is 2. The summed E-state index contributed by atoms with van der Waals surface area (Å²) in [5.74, 6) is 0.225. The topological polar surface area (TPSA) is 87.2 Å². The summed E-state index contributed by atoms with van der Waals surface area (Å²) in [5.41, 5.74) is 0.770. The zero-order chi connectivity index (χ0) is 20.8. The average Bonchev–Trinajstić information content (AvgIpc) is 2.99. The summed E-state index contributed by atoms with van der Waals surface area (Å²) in [5, 5.41) is 8.86. The Morgan fingerprint density at radius 1 is 1.34 bits per heavy atom. The van der Waals surface area contributed by atoms with E-state index in [0.29, 0.717) is 23.6 Å². The number of piperidine rings is 1. The molecule has 0 bridgehead atoms. The van der Waals surface area contributed by atoms with Crippen LogP contribution >= 0.6 is 11.8 Å². The van der Waals surface area contributed by atoms with Crippen molar-refractivity contribution in [2.24, 2.45) is 0 Å². The molecule has 156 valence electrons. The quantitative estimate of drug-likeness (QED) is 0.685. The lowest BCUT2D eigenvalue weighted by Gasteiger charge is -2.36. The largest absolute Gasteiger partial charge is 0.497 e. The van der Waals surface area contributed by atoms with Crippen LogP contribution in [0.1, 0.15) is 37.7 Å². The number of methoxy groups -OCH3 is 1. The van der Waals surface area contributed by atoms with Gasteiger partial charge in [0.15, 0.2) is 0 Å². The van der Waals surface area contributed by atoms with E-state index in [1.165, 1.54) is 0 Å². The monoisotopic (exact) mass is 418 g/mol. The smallest absolute Gasteiger partial charge is 0.293 e. The highest BCUT2D eigenvalue weighted by molar-refractivity contribution is 8.18. The normalized spacial score (nSPS) is 21.2. The van der Waals surface area contributed by atoms with Gasteiger partial charge in [-0.1, -0.05) is 12.1 Å². The van der Waals surface area contributed by atoms with Gasteiger partial charge in [-0.3, -0.25) is 19.3 Å². The van der Waals surface area contributed by atoms with E-state index in [1.54, 1.807) is 30.2 Å². The number of likely N-dealkylation sites (tertiary alicyclic amines) is 1. The molecule has 3 rings (SSSR count). The van der Waals surface area contributed by atoms with Crippen LogP contribution in [0.15, 0.2) is 29.2 Å². The van der Waals surface area contributed by atoms with Crippen molar-refractivity contribution < 1.29 is 24.2 Å². The first-order valence-electron chi connectivity index (χ1n) is 9.83. The Morgan fingerprint density at radius 3 is 2.93 bits per heavy atom. The summed E-state index contributed by atoms with van der Waals surface area (Å²) in [4.78, 5) is 40.9. The summed E-state index contributed by atoms with van der Waals surface area (Å²) in [6, 6.07) is 7.28. The van der Waals surface area contributed by atoms with Gasteiger partial charge in [-0.15, -0.1) is 0 Å². The van der Waals surface area contributed by atoms with Crippen LogP contribution in [0.25, 0.3) is 6.08 Å². The maximum atomic E-state index is 12.7. The number of carbonyl (C=O) groups is 3. The highest BCUT2D eigenvalue weighted by atomic mass is 32.2. The zero-order valence-corrected chi connectivity index (χ0v) is 17.3. The van der Waals surface area contributed by atoms with E-state index < -0.39 is 0 Å². The summed E-state index contributed by atoms with van der Waals surface area (Å²) >= 11 is 0.886. The first kappa shape index (κ1) is 21.4. The van der Waals surface area contributed by atoms with Crippen LogP contribution in [0, 0.1) is 0 Å². The molecule has 2 saturated heterocycles. The molecule has 0 saturated carbocycles. The molecule has 7 nitrogen and oxygen atoms in total. The third-order valence-electron chi connectivity index (χ3n) is 5.22. The Morgan fingerprint density at radius 2 is 2.17 bits per heavy atom. The van der Waals surface area contributed by atoms with Crippen LogP contribution in [0.3, 0.4) is 0 Å². The summed E-state index contributed by atoms with van der Waals surface area (Å²) in [7, 11) is 1.57. The van der Waals surface area contributed by atoms with E-state index in [-0.39, 0.29) is 42.7 Å². The lowest BCUT2D eigenvalue weighted by Crippen LogP contribution is -2.45. The number of ether oxygens (including phenoxy) is 1. The van der Waals surface area contributed by atoms with Gasteiger partial charge in [0.05, 0.1) is 12.0 Å². The first-order valence-corrected chi connectivity index (χ1v) is 10.6. The van der Waals surface area contributed by atoms with Gasteiger partial charge in [0, 0.05) is 32.2 Å². The number of thioether (sulfide) groups is 1. The molecule has 8 heteroatoms. The number of imide groups is 1. The maximum absolute atomic E-state index is 12.7. The fourth-order valence-electron chi connectivity index (χ4n) is 3.70. The van der Waals surface area contributed by atoms with Crippen molar-refractivity contribution in [1.82, 2.24) is 9.80 Å². The van der Waals surface area contributed by atoms with Crippen molar-refractivity contribution in [3.63, 3.8) is 0 Å². The fraction of sp³-hybridized carbons (Fsp3) is 0.476. The molecule has 0 radical (unpaired) electrons. The van der Waals surface area contributed by atoms with E-state index in [9.17, 15) is 19.5 Å². The average molecular weight is 419 g/mol. The molecule has 1 atom stereocenters. The number of hydrogen-bond donors (Lipinski definition) is 1. The van der Waals surface area contributed by atoms with Crippen LogP contribution in [0.5, 0.6) is 5.75 Å². The van der Waals surface area contributed by atoms with E-state index in [4.69, 9.17) is 4.74 Å². The molecular formula is C21H26N2O5S. The van der Waals surface area contributed by atoms with Crippen molar-refractivity contribution in [1.29, 1.82) is 0 Å². The second-order valence-electron chi connectivity index (χ2n) is 7.11. The molecular weight excluding hydrogens is 392 g/mol. The molecule has 3 amide bonds. The second kappa shape index (κ2) is 9.93. The number of benzene rings is 1. The highest BCUT2D eigenvalue weighted by Gasteiger charge is 2.36. The standard InChI is InChI=1S/C21H26N2O5S/c1-28-17-7-4-5-15(13-17)14-18-20(26)23(21(27)29-18)11-8-19(25)22-10-3-2-6-16(22)9-12-24/h4-5,7,13-14,16,24H,2-3,6,8-12H2,1H3. The van der Waals surface area contributed by atoms with Crippen molar-refractivity contribution in [2.45, 2.75) is 38.1 Å². The van der Waals surface area contributed by atoms with Crippen LogP contribution in [-0.2, 0) is 9.59 Å². The Labute approximate surface area is 174 Å². The van der Waals surface area contributed by atoms with Gasteiger partial charge >= 0.3 is 0 Å². The summed E-state index contributed by atoms with van der Waals surface area (Å²) in [6.07, 6.45) is 5.21. The van der Waals surface area contributed by atoms with Gasteiger partial charge in [-0.25, -0.2) is 0 Å². The molecule has 2 heterocycles. The third kappa shape index (κ3) is 5.19. The Hall–Kier alpha value is -2.32. The van der Waals surface area contributed by atoms with E-state index in [1.807, 2.05) is 12.1 Å². The molecule has 0 spiro atoms.